The molecule has 1 heterocycles. The molecule has 1 aromatic heterocycles. The van der Waals surface area contributed by atoms with Gasteiger partial charge in [0.15, 0.2) is 5.69 Å². The molecule has 0 radical (unpaired) electrons. The van der Waals surface area contributed by atoms with Crippen molar-refractivity contribution in [3.05, 3.63) is 17.8 Å². The molecule has 0 N–H and O–H groups in total. The molecule has 0 saturated heterocycles. The van der Waals surface area contributed by atoms with E-state index in [9.17, 15) is 9.59 Å². The number of ether oxygens (including phenoxy) is 2. The molecule has 0 unspecified atom stereocenters. The van der Waals surface area contributed by atoms with Gasteiger partial charge in [-0.05, 0) is 0 Å². The van der Waals surface area contributed by atoms with Crippen LogP contribution in [0.4, 0.5) is 0 Å². The van der Waals surface area contributed by atoms with Gasteiger partial charge in [0.05, 0.1) is 20.3 Å². The lowest BCUT2D eigenvalue weighted by Gasteiger charge is -2.19. The predicted octanol–water partition coefficient (Wildman–Crippen LogP) is 0.846. The lowest BCUT2D eigenvalue weighted by Crippen LogP contribution is -2.33. The van der Waals surface area contributed by atoms with Gasteiger partial charge in [-0.25, -0.2) is 9.78 Å². The predicted molar refractivity (Wildman–Crippen MR) is 65.4 cm³/mol. The number of aromatic nitrogens is 1. The van der Waals surface area contributed by atoms with E-state index >= 15 is 0 Å². The Bertz CT molecular complexity index is 430. The highest BCUT2D eigenvalue weighted by atomic mass is 16.5. The van der Waals surface area contributed by atoms with Crippen molar-refractivity contribution in [1.82, 2.24) is 9.88 Å². The van der Waals surface area contributed by atoms with Crippen LogP contribution in [-0.2, 0) is 20.8 Å². The van der Waals surface area contributed by atoms with Crippen molar-refractivity contribution < 1.29 is 23.5 Å². The fraction of sp³-hybridized carbons (Fsp3) is 0.583. The zero-order valence-electron chi connectivity index (χ0n) is 11.3. The van der Waals surface area contributed by atoms with Gasteiger partial charge >= 0.3 is 5.97 Å². The minimum absolute atomic E-state index is 0.0325. The molecular weight excluding hydrogens is 252 g/mol. The number of esters is 1. The molecule has 1 aromatic rings. The van der Waals surface area contributed by atoms with E-state index in [2.05, 4.69) is 9.72 Å². The first-order valence-electron chi connectivity index (χ1n) is 5.91. The first-order chi connectivity index (χ1) is 9.12. The highest BCUT2D eigenvalue weighted by molar-refractivity contribution is 5.86. The maximum atomic E-state index is 11.7. The third-order valence-electron chi connectivity index (χ3n) is 2.49. The van der Waals surface area contributed by atoms with Crippen LogP contribution in [-0.4, -0.2) is 49.1 Å². The molecular formula is C12H18N2O5. The highest BCUT2D eigenvalue weighted by Crippen LogP contribution is 2.08. The van der Waals surface area contributed by atoms with Crippen molar-refractivity contribution in [3.8, 4) is 0 Å². The van der Waals surface area contributed by atoms with Crippen molar-refractivity contribution in [1.29, 1.82) is 0 Å². The molecule has 0 aliphatic rings. The van der Waals surface area contributed by atoms with Crippen molar-refractivity contribution in [3.63, 3.8) is 0 Å². The van der Waals surface area contributed by atoms with E-state index in [0.29, 0.717) is 25.5 Å². The number of hydrogen-bond donors (Lipinski definition) is 0. The van der Waals surface area contributed by atoms with E-state index < -0.39 is 5.97 Å². The second-order valence-corrected chi connectivity index (χ2v) is 3.78. The molecule has 0 fully saturated rings. The summed E-state index contributed by atoms with van der Waals surface area (Å²) in [6.07, 6.45) is 1.60. The number of oxazole rings is 1. The zero-order chi connectivity index (χ0) is 14.3. The van der Waals surface area contributed by atoms with Crippen LogP contribution < -0.4 is 0 Å². The number of methoxy groups -OCH3 is 2. The average molecular weight is 270 g/mol. The summed E-state index contributed by atoms with van der Waals surface area (Å²) in [5.41, 5.74) is 0.0909. The van der Waals surface area contributed by atoms with Gasteiger partial charge in [0.1, 0.15) is 6.26 Å². The van der Waals surface area contributed by atoms with E-state index in [1.807, 2.05) is 0 Å². The molecule has 106 valence electrons. The molecule has 0 saturated carbocycles. The molecule has 0 aliphatic heterocycles. The van der Waals surface area contributed by atoms with E-state index in [1.165, 1.54) is 13.4 Å². The molecule has 0 aromatic carbocycles. The fourth-order valence-corrected chi connectivity index (χ4v) is 1.46. The van der Waals surface area contributed by atoms with Gasteiger partial charge in [0.25, 0.3) is 0 Å². The van der Waals surface area contributed by atoms with Crippen LogP contribution in [0.2, 0.25) is 0 Å². The number of rotatable bonds is 7. The smallest absolute Gasteiger partial charge is 0.360 e. The standard InChI is InChI=1S/C12H18N2O5/c1-4-11(15)14(5-6-17-2)7-10-13-9(8-19-10)12(16)18-3/h8H,4-7H2,1-3H3. The quantitative estimate of drug-likeness (QED) is 0.683. The summed E-state index contributed by atoms with van der Waals surface area (Å²) in [5.74, 6) is -0.312. The Labute approximate surface area is 111 Å². The maximum Gasteiger partial charge on any atom is 0.360 e. The summed E-state index contributed by atoms with van der Waals surface area (Å²) in [6, 6.07) is 0. The second kappa shape index (κ2) is 7.52. The van der Waals surface area contributed by atoms with Crippen LogP contribution in [0.3, 0.4) is 0 Å². The van der Waals surface area contributed by atoms with Crippen molar-refractivity contribution in [2.75, 3.05) is 27.4 Å². The molecule has 7 heteroatoms. The molecule has 1 rings (SSSR count). The Hall–Kier alpha value is -1.89. The van der Waals surface area contributed by atoms with Crippen LogP contribution >= 0.6 is 0 Å². The fourth-order valence-electron chi connectivity index (χ4n) is 1.46. The summed E-state index contributed by atoms with van der Waals surface area (Å²) < 4.78 is 14.6. The van der Waals surface area contributed by atoms with Gasteiger partial charge < -0.3 is 18.8 Å². The van der Waals surface area contributed by atoms with Crippen LogP contribution in [0.5, 0.6) is 0 Å². The molecule has 0 aliphatic carbocycles. The highest BCUT2D eigenvalue weighted by Gasteiger charge is 2.17. The minimum Gasteiger partial charge on any atom is -0.464 e. The summed E-state index contributed by atoms with van der Waals surface area (Å²) >= 11 is 0. The van der Waals surface area contributed by atoms with Gasteiger partial charge in [0, 0.05) is 20.1 Å². The minimum atomic E-state index is -0.569. The van der Waals surface area contributed by atoms with Gasteiger partial charge in [-0.15, -0.1) is 0 Å². The van der Waals surface area contributed by atoms with E-state index in [1.54, 1.807) is 18.9 Å². The first-order valence-corrected chi connectivity index (χ1v) is 5.91. The Kier molecular flexibility index (Phi) is 6.01. The molecule has 7 nitrogen and oxygen atoms in total. The van der Waals surface area contributed by atoms with E-state index in [-0.39, 0.29) is 18.1 Å². The SMILES string of the molecule is CCC(=O)N(CCOC)Cc1nc(C(=O)OC)co1. The summed E-state index contributed by atoms with van der Waals surface area (Å²) in [7, 11) is 2.83. The van der Waals surface area contributed by atoms with Crippen LogP contribution in [0.15, 0.2) is 10.7 Å². The van der Waals surface area contributed by atoms with Gasteiger partial charge in [-0.2, -0.15) is 0 Å². The average Bonchev–Trinajstić information content (AvgIpc) is 2.90. The van der Waals surface area contributed by atoms with Gasteiger partial charge in [-0.3, -0.25) is 4.79 Å². The van der Waals surface area contributed by atoms with Gasteiger partial charge in [-0.1, -0.05) is 6.92 Å². The van der Waals surface area contributed by atoms with E-state index in [0.717, 1.165) is 0 Å². The molecule has 0 bridgehead atoms. The Morgan fingerprint density at radius 1 is 1.42 bits per heavy atom. The summed E-state index contributed by atoms with van der Waals surface area (Å²) in [4.78, 5) is 28.5. The molecule has 1 amide bonds. The largest absolute Gasteiger partial charge is 0.464 e. The lowest BCUT2D eigenvalue weighted by atomic mass is 10.3. The topological polar surface area (TPSA) is 81.9 Å². The number of carbonyl (C=O) groups is 2. The van der Waals surface area contributed by atoms with Crippen LogP contribution in [0, 0.1) is 0 Å². The Balaban J connectivity index is 2.70. The summed E-state index contributed by atoms with van der Waals surface area (Å²) in [5, 5.41) is 0. The number of nitrogens with zero attached hydrogens (tertiary/aromatic N) is 2. The second-order valence-electron chi connectivity index (χ2n) is 3.78. The molecule has 19 heavy (non-hydrogen) atoms. The Morgan fingerprint density at radius 2 is 2.16 bits per heavy atom. The lowest BCUT2D eigenvalue weighted by molar-refractivity contribution is -0.132. The number of carbonyl (C=O) groups excluding carboxylic acids is 2. The molecule has 0 spiro atoms. The molecule has 0 atom stereocenters. The number of hydrogen-bond acceptors (Lipinski definition) is 6. The monoisotopic (exact) mass is 270 g/mol. The first kappa shape index (κ1) is 15.2. The number of amides is 1. The Morgan fingerprint density at radius 3 is 2.74 bits per heavy atom. The van der Waals surface area contributed by atoms with Crippen LogP contribution in [0.25, 0.3) is 0 Å². The third-order valence-corrected chi connectivity index (χ3v) is 2.49. The summed E-state index contributed by atoms with van der Waals surface area (Å²) in [6.45, 7) is 2.85. The van der Waals surface area contributed by atoms with Crippen molar-refractivity contribution >= 4 is 11.9 Å². The zero-order valence-corrected chi connectivity index (χ0v) is 11.3. The van der Waals surface area contributed by atoms with Crippen molar-refractivity contribution in [2.24, 2.45) is 0 Å². The maximum absolute atomic E-state index is 11.7. The normalized spacial score (nSPS) is 10.3. The van der Waals surface area contributed by atoms with Crippen molar-refractivity contribution in [2.45, 2.75) is 19.9 Å². The van der Waals surface area contributed by atoms with Crippen LogP contribution in [0.1, 0.15) is 29.7 Å². The van der Waals surface area contributed by atoms with E-state index in [4.69, 9.17) is 9.15 Å². The van der Waals surface area contributed by atoms with Gasteiger partial charge in [0.2, 0.25) is 11.8 Å². The third kappa shape index (κ3) is 4.36.